The zero-order chi connectivity index (χ0) is 14.3. The van der Waals surface area contributed by atoms with E-state index >= 15 is 0 Å². The number of hydrogen-bond donors (Lipinski definition) is 2. The van der Waals surface area contributed by atoms with E-state index in [1.165, 1.54) is 19.2 Å². The van der Waals surface area contributed by atoms with Crippen LogP contribution in [-0.2, 0) is 0 Å². The number of amides is 1. The van der Waals surface area contributed by atoms with Gasteiger partial charge in [-0.05, 0) is 18.9 Å². The number of ether oxygens (including phenoxy) is 1. The first kappa shape index (κ1) is 12.6. The Morgan fingerprint density at radius 1 is 1.55 bits per heavy atom. The van der Waals surface area contributed by atoms with Crippen molar-refractivity contribution >= 4 is 11.6 Å². The van der Waals surface area contributed by atoms with Crippen LogP contribution in [0.25, 0.3) is 0 Å². The molecule has 6 heteroatoms. The molecule has 20 heavy (non-hydrogen) atoms. The monoisotopic (exact) mass is 273 g/mol. The fourth-order valence-electron chi connectivity index (χ4n) is 2.96. The number of hydrogen-bond acceptors (Lipinski definition) is 5. The third kappa shape index (κ3) is 1.74. The van der Waals surface area contributed by atoms with Crippen LogP contribution in [0.15, 0.2) is 12.1 Å². The second-order valence-electron chi connectivity index (χ2n) is 5.03. The highest BCUT2D eigenvalue weighted by molar-refractivity contribution is 6.01. The number of nitriles is 1. The molecule has 2 heterocycles. The summed E-state index contributed by atoms with van der Waals surface area (Å²) in [5.74, 6) is 0.0846. The first-order valence-electron chi connectivity index (χ1n) is 6.54. The van der Waals surface area contributed by atoms with E-state index in [-0.39, 0.29) is 23.4 Å². The number of carbonyl (C=O) groups excluding carboxylic acids is 1. The number of phenols is 1. The summed E-state index contributed by atoms with van der Waals surface area (Å²) in [6, 6.07) is 4.59. The van der Waals surface area contributed by atoms with Gasteiger partial charge in [0.05, 0.1) is 30.5 Å². The molecular weight excluding hydrogens is 258 g/mol. The minimum Gasteiger partial charge on any atom is -0.504 e. The summed E-state index contributed by atoms with van der Waals surface area (Å²) in [6.45, 7) is 0.659. The molecular formula is C14H15N3O3. The maximum Gasteiger partial charge on any atom is 0.256 e. The van der Waals surface area contributed by atoms with Gasteiger partial charge in [0, 0.05) is 12.6 Å². The lowest BCUT2D eigenvalue weighted by molar-refractivity contribution is 0.0740. The summed E-state index contributed by atoms with van der Waals surface area (Å²) in [5.41, 5.74) is 0.915. The van der Waals surface area contributed by atoms with Crippen LogP contribution in [0, 0.1) is 11.3 Å². The fraction of sp³-hybridized carbons (Fsp3) is 0.429. The van der Waals surface area contributed by atoms with E-state index in [2.05, 4.69) is 11.4 Å². The molecule has 3 rings (SSSR count). The molecule has 2 atom stereocenters. The van der Waals surface area contributed by atoms with Crippen molar-refractivity contribution in [3.63, 3.8) is 0 Å². The smallest absolute Gasteiger partial charge is 0.256 e. The van der Waals surface area contributed by atoms with Crippen molar-refractivity contribution in [3.05, 3.63) is 17.7 Å². The van der Waals surface area contributed by atoms with Crippen molar-refractivity contribution < 1.29 is 14.6 Å². The molecule has 1 aromatic rings. The molecule has 2 aliphatic heterocycles. The van der Waals surface area contributed by atoms with Gasteiger partial charge in [-0.1, -0.05) is 0 Å². The largest absolute Gasteiger partial charge is 0.504 e. The Hall–Kier alpha value is -2.42. The number of nitrogens with one attached hydrogen (secondary N) is 1. The molecule has 0 radical (unpaired) electrons. The number of anilines is 1. The van der Waals surface area contributed by atoms with Crippen LogP contribution in [0.3, 0.4) is 0 Å². The third-order valence-corrected chi connectivity index (χ3v) is 3.94. The average molecular weight is 273 g/mol. The third-order valence-electron chi connectivity index (χ3n) is 3.94. The van der Waals surface area contributed by atoms with Gasteiger partial charge < -0.3 is 20.1 Å². The standard InChI is InChI=1S/C14H15N3O3/c1-20-13-5-8-9(6-12(13)18)16-10(7-15)11-3-2-4-17(11)14(8)19/h5-6,10-11,16,18H,2-4H2,1H3/t10-,11-/m0/s1. The maximum atomic E-state index is 12.6. The van der Waals surface area contributed by atoms with E-state index in [4.69, 9.17) is 4.74 Å². The average Bonchev–Trinajstić information content (AvgIpc) is 2.89. The summed E-state index contributed by atoms with van der Waals surface area (Å²) in [5, 5.41) is 22.2. The zero-order valence-corrected chi connectivity index (χ0v) is 11.1. The van der Waals surface area contributed by atoms with Gasteiger partial charge in [0.15, 0.2) is 11.5 Å². The van der Waals surface area contributed by atoms with Crippen LogP contribution >= 0.6 is 0 Å². The van der Waals surface area contributed by atoms with Gasteiger partial charge >= 0.3 is 0 Å². The maximum absolute atomic E-state index is 12.6. The number of aromatic hydroxyl groups is 1. The number of fused-ring (bicyclic) bond motifs is 2. The Morgan fingerprint density at radius 3 is 3.05 bits per heavy atom. The predicted molar refractivity (Wildman–Crippen MR) is 71.7 cm³/mol. The molecule has 0 aromatic heterocycles. The summed E-state index contributed by atoms with van der Waals surface area (Å²) >= 11 is 0. The van der Waals surface area contributed by atoms with Gasteiger partial charge in [0.25, 0.3) is 5.91 Å². The number of methoxy groups -OCH3 is 1. The Labute approximate surface area is 116 Å². The molecule has 1 fully saturated rings. The Bertz CT molecular complexity index is 608. The summed E-state index contributed by atoms with van der Waals surface area (Å²) in [4.78, 5) is 14.3. The van der Waals surface area contributed by atoms with Crippen LogP contribution in [0.2, 0.25) is 0 Å². The predicted octanol–water partition coefficient (Wildman–Crippen LogP) is 1.32. The summed E-state index contributed by atoms with van der Waals surface area (Å²) in [6.07, 6.45) is 1.72. The fourth-order valence-corrected chi connectivity index (χ4v) is 2.96. The molecule has 6 nitrogen and oxygen atoms in total. The van der Waals surface area contributed by atoms with E-state index in [0.717, 1.165) is 12.8 Å². The zero-order valence-electron chi connectivity index (χ0n) is 11.1. The molecule has 0 spiro atoms. The van der Waals surface area contributed by atoms with Crippen LogP contribution < -0.4 is 10.1 Å². The topological polar surface area (TPSA) is 85.6 Å². The molecule has 1 amide bonds. The van der Waals surface area contributed by atoms with Crippen LogP contribution in [0.5, 0.6) is 11.5 Å². The number of phenolic OH excluding ortho intramolecular Hbond substituents is 1. The molecule has 0 unspecified atom stereocenters. The van der Waals surface area contributed by atoms with Crippen LogP contribution in [0.1, 0.15) is 23.2 Å². The van der Waals surface area contributed by atoms with Gasteiger partial charge in [-0.25, -0.2) is 0 Å². The van der Waals surface area contributed by atoms with Crippen LogP contribution in [0.4, 0.5) is 5.69 Å². The van der Waals surface area contributed by atoms with E-state index in [1.807, 2.05) is 0 Å². The van der Waals surface area contributed by atoms with Crippen molar-refractivity contribution in [3.8, 4) is 17.6 Å². The van der Waals surface area contributed by atoms with E-state index in [0.29, 0.717) is 17.8 Å². The molecule has 1 saturated heterocycles. The lowest BCUT2D eigenvalue weighted by Gasteiger charge is -2.24. The van der Waals surface area contributed by atoms with Gasteiger partial charge in [-0.3, -0.25) is 4.79 Å². The molecule has 2 N–H and O–H groups in total. The lowest BCUT2D eigenvalue weighted by Crippen LogP contribution is -2.42. The van der Waals surface area contributed by atoms with Crippen LogP contribution in [-0.4, -0.2) is 41.7 Å². The van der Waals surface area contributed by atoms with E-state index < -0.39 is 6.04 Å². The minimum absolute atomic E-state index is 0.0506. The van der Waals surface area contributed by atoms with Crippen molar-refractivity contribution in [1.29, 1.82) is 5.26 Å². The van der Waals surface area contributed by atoms with Gasteiger partial charge in [0.1, 0.15) is 6.04 Å². The first-order valence-corrected chi connectivity index (χ1v) is 6.54. The van der Waals surface area contributed by atoms with Crippen molar-refractivity contribution in [2.24, 2.45) is 0 Å². The van der Waals surface area contributed by atoms with E-state index in [1.54, 1.807) is 4.90 Å². The van der Waals surface area contributed by atoms with Crippen molar-refractivity contribution in [2.45, 2.75) is 24.9 Å². The second kappa shape index (κ2) is 4.60. The van der Waals surface area contributed by atoms with E-state index in [9.17, 15) is 15.2 Å². The van der Waals surface area contributed by atoms with Crippen molar-refractivity contribution in [2.75, 3.05) is 19.0 Å². The second-order valence-corrected chi connectivity index (χ2v) is 5.03. The van der Waals surface area contributed by atoms with Gasteiger partial charge in [0.2, 0.25) is 0 Å². The first-order chi connectivity index (χ1) is 9.65. The molecule has 0 aliphatic carbocycles. The highest BCUT2D eigenvalue weighted by atomic mass is 16.5. The Balaban J connectivity index is 2.12. The quantitative estimate of drug-likeness (QED) is 0.806. The van der Waals surface area contributed by atoms with Crippen molar-refractivity contribution in [1.82, 2.24) is 4.90 Å². The highest BCUT2D eigenvalue weighted by Gasteiger charge is 2.39. The number of carbonyl (C=O) groups is 1. The van der Waals surface area contributed by atoms with Gasteiger partial charge in [-0.2, -0.15) is 5.26 Å². The number of benzene rings is 1. The highest BCUT2D eigenvalue weighted by Crippen LogP contribution is 2.37. The summed E-state index contributed by atoms with van der Waals surface area (Å²) < 4.78 is 5.05. The molecule has 2 aliphatic rings. The molecule has 0 bridgehead atoms. The molecule has 0 saturated carbocycles. The minimum atomic E-state index is -0.463. The lowest BCUT2D eigenvalue weighted by atomic mass is 10.1. The molecule has 104 valence electrons. The Kier molecular flexibility index (Phi) is 2.90. The summed E-state index contributed by atoms with van der Waals surface area (Å²) in [7, 11) is 1.44. The number of nitrogens with zero attached hydrogens (tertiary/aromatic N) is 2. The SMILES string of the molecule is COc1cc2c(cc1O)N[C@@H](C#N)[C@@H]1CCCN1C2=O. The molecule has 1 aromatic carbocycles. The van der Waals surface area contributed by atoms with Gasteiger partial charge in [-0.15, -0.1) is 0 Å². The Morgan fingerprint density at radius 2 is 2.35 bits per heavy atom. The normalized spacial score (nSPS) is 24.2. The number of rotatable bonds is 1.